The first-order valence-corrected chi connectivity index (χ1v) is 9.10. The summed E-state index contributed by atoms with van der Waals surface area (Å²) < 4.78 is 14.5. The standard InChI is InChI=1S/C15H19FN2S2/c1-19-15(7-3-2-4-8-15)10-17-14-18-12-6-5-11(16)9-13(12)20-14/h5-6,9H,2-4,7-8,10H2,1H3,(H,17,18). The molecule has 0 radical (unpaired) electrons. The molecule has 5 heteroatoms. The van der Waals surface area contributed by atoms with E-state index in [0.29, 0.717) is 4.75 Å². The minimum atomic E-state index is -0.194. The van der Waals surface area contributed by atoms with Gasteiger partial charge in [0.1, 0.15) is 5.82 Å². The molecule has 1 aliphatic carbocycles. The second kappa shape index (κ2) is 5.90. The number of thiazole rings is 1. The van der Waals surface area contributed by atoms with E-state index in [1.165, 1.54) is 49.5 Å². The second-order valence-corrected chi connectivity index (χ2v) is 7.74. The van der Waals surface area contributed by atoms with Gasteiger partial charge in [-0.25, -0.2) is 9.37 Å². The van der Waals surface area contributed by atoms with Crippen LogP contribution in [0.15, 0.2) is 18.2 Å². The highest BCUT2D eigenvalue weighted by molar-refractivity contribution is 8.00. The third-order valence-electron chi connectivity index (χ3n) is 4.11. The molecule has 2 nitrogen and oxygen atoms in total. The molecule has 1 N–H and O–H groups in total. The molecule has 1 aliphatic rings. The highest BCUT2D eigenvalue weighted by Gasteiger charge is 2.31. The Labute approximate surface area is 127 Å². The Bertz CT molecular complexity index is 591. The maximum absolute atomic E-state index is 13.2. The lowest BCUT2D eigenvalue weighted by Gasteiger charge is -2.35. The predicted molar refractivity (Wildman–Crippen MR) is 87.4 cm³/mol. The van der Waals surface area contributed by atoms with Gasteiger partial charge in [0.2, 0.25) is 0 Å². The van der Waals surface area contributed by atoms with Gasteiger partial charge in [-0.3, -0.25) is 0 Å². The van der Waals surface area contributed by atoms with Crippen LogP contribution in [0, 0.1) is 5.82 Å². The first kappa shape index (κ1) is 14.1. The molecular weight excluding hydrogens is 291 g/mol. The Kier molecular flexibility index (Phi) is 4.17. The van der Waals surface area contributed by atoms with Crippen LogP contribution in [-0.4, -0.2) is 22.5 Å². The zero-order valence-electron chi connectivity index (χ0n) is 11.6. The van der Waals surface area contributed by atoms with E-state index in [4.69, 9.17) is 0 Å². The summed E-state index contributed by atoms with van der Waals surface area (Å²) in [4.78, 5) is 4.54. The maximum atomic E-state index is 13.2. The van der Waals surface area contributed by atoms with Crippen molar-refractivity contribution in [3.05, 3.63) is 24.0 Å². The SMILES string of the molecule is CSC1(CNc2nc3ccc(F)cc3s2)CCCCC1. The van der Waals surface area contributed by atoms with Gasteiger partial charge in [0, 0.05) is 11.3 Å². The number of anilines is 1. The largest absolute Gasteiger partial charge is 0.360 e. The van der Waals surface area contributed by atoms with E-state index in [1.54, 1.807) is 12.1 Å². The second-order valence-electron chi connectivity index (χ2n) is 5.43. The van der Waals surface area contributed by atoms with E-state index in [0.717, 1.165) is 21.9 Å². The van der Waals surface area contributed by atoms with Crippen molar-refractivity contribution in [2.45, 2.75) is 36.9 Å². The number of hydrogen-bond acceptors (Lipinski definition) is 4. The van der Waals surface area contributed by atoms with Crippen molar-refractivity contribution in [1.29, 1.82) is 0 Å². The van der Waals surface area contributed by atoms with Crippen molar-refractivity contribution in [1.82, 2.24) is 4.98 Å². The summed E-state index contributed by atoms with van der Waals surface area (Å²) in [5.74, 6) is -0.194. The van der Waals surface area contributed by atoms with Gasteiger partial charge in [-0.1, -0.05) is 30.6 Å². The van der Waals surface area contributed by atoms with Gasteiger partial charge >= 0.3 is 0 Å². The Morgan fingerprint density at radius 1 is 1.35 bits per heavy atom. The van der Waals surface area contributed by atoms with Gasteiger partial charge in [0.25, 0.3) is 0 Å². The van der Waals surface area contributed by atoms with Crippen LogP contribution >= 0.6 is 23.1 Å². The van der Waals surface area contributed by atoms with E-state index in [9.17, 15) is 4.39 Å². The van der Waals surface area contributed by atoms with Crippen molar-refractivity contribution in [2.24, 2.45) is 0 Å². The lowest BCUT2D eigenvalue weighted by atomic mass is 9.88. The van der Waals surface area contributed by atoms with Crippen LogP contribution in [0.3, 0.4) is 0 Å². The Balaban J connectivity index is 1.72. The molecule has 0 unspecified atom stereocenters. The summed E-state index contributed by atoms with van der Waals surface area (Å²) in [7, 11) is 0. The maximum Gasteiger partial charge on any atom is 0.183 e. The normalized spacial score (nSPS) is 18.3. The minimum absolute atomic E-state index is 0.194. The smallest absolute Gasteiger partial charge is 0.183 e. The molecule has 0 bridgehead atoms. The Morgan fingerprint density at radius 3 is 2.90 bits per heavy atom. The molecule has 20 heavy (non-hydrogen) atoms. The van der Waals surface area contributed by atoms with Gasteiger partial charge in [-0.2, -0.15) is 11.8 Å². The molecule has 0 spiro atoms. The first-order chi connectivity index (χ1) is 9.71. The van der Waals surface area contributed by atoms with E-state index in [-0.39, 0.29) is 5.82 Å². The highest BCUT2D eigenvalue weighted by atomic mass is 32.2. The fourth-order valence-corrected chi connectivity index (χ4v) is 4.66. The zero-order chi connectivity index (χ0) is 14.0. The lowest BCUT2D eigenvalue weighted by Crippen LogP contribution is -2.35. The van der Waals surface area contributed by atoms with Crippen LogP contribution in [0.25, 0.3) is 10.2 Å². The van der Waals surface area contributed by atoms with E-state index in [1.807, 2.05) is 11.8 Å². The summed E-state index contributed by atoms with van der Waals surface area (Å²) >= 11 is 3.51. The first-order valence-electron chi connectivity index (χ1n) is 7.06. The van der Waals surface area contributed by atoms with Crippen LogP contribution < -0.4 is 5.32 Å². The average molecular weight is 310 g/mol. The Morgan fingerprint density at radius 2 is 2.15 bits per heavy atom. The number of rotatable bonds is 4. The van der Waals surface area contributed by atoms with Crippen molar-refractivity contribution < 1.29 is 4.39 Å². The molecule has 1 saturated carbocycles. The highest BCUT2D eigenvalue weighted by Crippen LogP contribution is 2.39. The fourth-order valence-electron chi connectivity index (χ4n) is 2.86. The average Bonchev–Trinajstić information content (AvgIpc) is 2.88. The summed E-state index contributed by atoms with van der Waals surface area (Å²) in [5, 5.41) is 4.39. The Hall–Kier alpha value is -0.810. The number of thioether (sulfide) groups is 1. The molecule has 1 aromatic heterocycles. The topological polar surface area (TPSA) is 24.9 Å². The van der Waals surface area contributed by atoms with Gasteiger partial charge < -0.3 is 5.32 Å². The molecule has 1 aromatic carbocycles. The van der Waals surface area contributed by atoms with Crippen LogP contribution in [0.1, 0.15) is 32.1 Å². The lowest BCUT2D eigenvalue weighted by molar-refractivity contribution is 0.411. The summed E-state index contributed by atoms with van der Waals surface area (Å²) in [6.07, 6.45) is 8.78. The van der Waals surface area contributed by atoms with Crippen molar-refractivity contribution in [3.8, 4) is 0 Å². The molecule has 1 heterocycles. The number of hydrogen-bond donors (Lipinski definition) is 1. The van der Waals surface area contributed by atoms with Crippen LogP contribution in [0.4, 0.5) is 9.52 Å². The number of nitrogens with zero attached hydrogens (tertiary/aromatic N) is 1. The number of fused-ring (bicyclic) bond motifs is 1. The van der Waals surface area contributed by atoms with E-state index < -0.39 is 0 Å². The number of halogens is 1. The predicted octanol–water partition coefficient (Wildman–Crippen LogP) is 4.91. The quantitative estimate of drug-likeness (QED) is 0.868. The third-order valence-corrected chi connectivity index (χ3v) is 6.50. The molecule has 1 fully saturated rings. The number of benzene rings is 1. The summed E-state index contributed by atoms with van der Waals surface area (Å²) in [6.45, 7) is 0.955. The van der Waals surface area contributed by atoms with Crippen molar-refractivity contribution in [2.75, 3.05) is 18.1 Å². The monoisotopic (exact) mass is 310 g/mol. The van der Waals surface area contributed by atoms with E-state index in [2.05, 4.69) is 16.6 Å². The van der Waals surface area contributed by atoms with E-state index >= 15 is 0 Å². The van der Waals surface area contributed by atoms with Gasteiger partial charge in [-0.05, 0) is 37.3 Å². The number of aromatic nitrogens is 1. The van der Waals surface area contributed by atoms with Crippen LogP contribution in [0.2, 0.25) is 0 Å². The number of nitrogens with one attached hydrogen (secondary N) is 1. The third kappa shape index (κ3) is 2.93. The molecule has 3 rings (SSSR count). The van der Waals surface area contributed by atoms with Gasteiger partial charge in [-0.15, -0.1) is 0 Å². The summed E-state index contributed by atoms with van der Waals surface area (Å²) in [6, 6.07) is 4.77. The van der Waals surface area contributed by atoms with Crippen LogP contribution in [-0.2, 0) is 0 Å². The molecule has 0 amide bonds. The van der Waals surface area contributed by atoms with Crippen LogP contribution in [0.5, 0.6) is 0 Å². The molecular formula is C15H19FN2S2. The zero-order valence-corrected chi connectivity index (χ0v) is 13.2. The minimum Gasteiger partial charge on any atom is -0.360 e. The van der Waals surface area contributed by atoms with Gasteiger partial charge in [0.15, 0.2) is 5.13 Å². The molecule has 0 saturated heterocycles. The molecule has 0 atom stereocenters. The van der Waals surface area contributed by atoms with Crippen molar-refractivity contribution >= 4 is 38.4 Å². The van der Waals surface area contributed by atoms with Crippen molar-refractivity contribution in [3.63, 3.8) is 0 Å². The molecule has 2 aromatic rings. The molecule has 0 aliphatic heterocycles. The fraction of sp³-hybridized carbons (Fsp3) is 0.533. The van der Waals surface area contributed by atoms with Gasteiger partial charge in [0.05, 0.1) is 10.2 Å². The summed E-state index contributed by atoms with van der Waals surface area (Å²) in [5.41, 5.74) is 0.876. The molecule has 108 valence electrons.